The van der Waals surface area contributed by atoms with Crippen LogP contribution >= 0.6 is 0 Å². The van der Waals surface area contributed by atoms with Crippen LogP contribution in [-0.4, -0.2) is 52.9 Å². The third-order valence-corrected chi connectivity index (χ3v) is 6.14. The number of fused-ring (bicyclic) bond motifs is 2. The predicted molar refractivity (Wildman–Crippen MR) is 140 cm³/mol. The van der Waals surface area contributed by atoms with Crippen LogP contribution in [-0.2, 0) is 0 Å². The second-order valence-electron chi connectivity index (χ2n) is 8.99. The molecular weight excluding hydrogens is 424 g/mol. The van der Waals surface area contributed by atoms with E-state index in [-0.39, 0.29) is 0 Å². The molecule has 180 valence electrons. The first kappa shape index (κ1) is 24.0. The molecule has 34 heavy (non-hydrogen) atoms. The Morgan fingerprint density at radius 2 is 1.88 bits per heavy atom. The van der Waals surface area contributed by atoms with Gasteiger partial charge in [-0.15, -0.1) is 0 Å². The van der Waals surface area contributed by atoms with Gasteiger partial charge >= 0.3 is 0 Å². The van der Waals surface area contributed by atoms with Crippen molar-refractivity contribution in [3.63, 3.8) is 0 Å². The van der Waals surface area contributed by atoms with Crippen molar-refractivity contribution >= 4 is 22.2 Å². The highest BCUT2D eigenvalue weighted by Crippen LogP contribution is 2.33. The average molecular weight is 461 g/mol. The molecule has 4 aromatic rings. The van der Waals surface area contributed by atoms with Crippen LogP contribution in [0.2, 0.25) is 0 Å². The molecule has 0 unspecified atom stereocenters. The average Bonchev–Trinajstić information content (AvgIpc) is 3.27. The maximum atomic E-state index is 5.38. The van der Waals surface area contributed by atoms with Crippen LogP contribution in [0.15, 0.2) is 49.1 Å². The Hall–Kier alpha value is -3.19. The van der Waals surface area contributed by atoms with Gasteiger partial charge in [0.2, 0.25) is 0 Å². The second kappa shape index (κ2) is 11.3. The quantitative estimate of drug-likeness (QED) is 0.365. The Kier molecular flexibility index (Phi) is 7.95. The third-order valence-electron chi connectivity index (χ3n) is 6.14. The minimum absolute atomic E-state index is 0.747. The molecule has 0 amide bonds. The monoisotopic (exact) mass is 460 g/mol. The number of nitrogens with one attached hydrogen (secondary N) is 1. The van der Waals surface area contributed by atoms with E-state index in [1.54, 1.807) is 7.11 Å². The van der Waals surface area contributed by atoms with Gasteiger partial charge in [0.25, 0.3) is 0 Å². The largest absolute Gasteiger partial charge is 0.497 e. The summed E-state index contributed by atoms with van der Waals surface area (Å²) in [5, 5.41) is 8.91. The number of ether oxygens (including phenoxy) is 1. The van der Waals surface area contributed by atoms with Gasteiger partial charge in [0.15, 0.2) is 5.65 Å². The van der Waals surface area contributed by atoms with Crippen LogP contribution in [0.4, 0.5) is 5.69 Å². The molecule has 1 saturated heterocycles. The van der Waals surface area contributed by atoms with E-state index in [2.05, 4.69) is 47.3 Å². The standard InChI is InChI=1S/C20H19N5O.C7H17N/c1-13-10-24(11-13)14-8-22-20-18(9-23-25(20)12-14)16-5-6-21-19-4-3-15(26-2)7-17(16)19;1-3-5-7-8-6-4-2/h3-9,12-13H,10-11H2,1-2H3;8H,3-7H2,1-2H3. The van der Waals surface area contributed by atoms with Crippen LogP contribution in [0, 0.1) is 5.92 Å². The van der Waals surface area contributed by atoms with Gasteiger partial charge in [-0.3, -0.25) is 4.98 Å². The van der Waals surface area contributed by atoms with Gasteiger partial charge in [-0.1, -0.05) is 27.2 Å². The molecule has 3 aromatic heterocycles. The van der Waals surface area contributed by atoms with Crippen molar-refractivity contribution in [2.45, 2.75) is 40.0 Å². The van der Waals surface area contributed by atoms with E-state index in [4.69, 9.17) is 9.72 Å². The SMILES string of the molecule is CCCCNCCC.COc1ccc2nccc(-c3cnn4cc(N5CC(C)C5)cnc34)c2c1. The Morgan fingerprint density at radius 1 is 1.03 bits per heavy atom. The lowest BCUT2D eigenvalue weighted by Gasteiger charge is -2.38. The number of methoxy groups -OCH3 is 1. The van der Waals surface area contributed by atoms with E-state index in [1.165, 1.54) is 32.4 Å². The van der Waals surface area contributed by atoms with Crippen molar-refractivity contribution in [3.05, 3.63) is 49.1 Å². The molecule has 7 nitrogen and oxygen atoms in total. The van der Waals surface area contributed by atoms with Crippen LogP contribution in [0.1, 0.15) is 40.0 Å². The fourth-order valence-electron chi connectivity index (χ4n) is 4.22. The zero-order valence-corrected chi connectivity index (χ0v) is 20.8. The first-order valence-corrected chi connectivity index (χ1v) is 12.4. The van der Waals surface area contributed by atoms with Crippen LogP contribution in [0.25, 0.3) is 27.7 Å². The first-order valence-electron chi connectivity index (χ1n) is 12.4. The van der Waals surface area contributed by atoms with Gasteiger partial charge in [0.05, 0.1) is 36.9 Å². The van der Waals surface area contributed by atoms with Gasteiger partial charge in [-0.05, 0) is 61.7 Å². The molecule has 1 fully saturated rings. The number of aromatic nitrogens is 4. The molecule has 0 saturated carbocycles. The summed E-state index contributed by atoms with van der Waals surface area (Å²) in [5.74, 6) is 1.56. The predicted octanol–water partition coefficient (Wildman–Crippen LogP) is 5.20. The zero-order chi connectivity index (χ0) is 23.9. The molecule has 7 heteroatoms. The number of unbranched alkanes of at least 4 members (excludes halogenated alkanes) is 1. The molecular formula is C27H36N6O. The summed E-state index contributed by atoms with van der Waals surface area (Å²) in [5.41, 5.74) is 4.94. The molecule has 1 aliphatic rings. The Morgan fingerprint density at radius 3 is 2.62 bits per heavy atom. The Labute approximate surface area is 202 Å². The van der Waals surface area contributed by atoms with Crippen molar-refractivity contribution in [3.8, 4) is 16.9 Å². The number of anilines is 1. The van der Waals surface area contributed by atoms with E-state index < -0.39 is 0 Å². The smallest absolute Gasteiger partial charge is 0.162 e. The maximum Gasteiger partial charge on any atom is 0.162 e. The van der Waals surface area contributed by atoms with Crippen LogP contribution in [0.5, 0.6) is 5.75 Å². The number of benzene rings is 1. The van der Waals surface area contributed by atoms with E-state index in [1.807, 2.05) is 47.4 Å². The van der Waals surface area contributed by atoms with Crippen molar-refractivity contribution in [1.82, 2.24) is 24.9 Å². The van der Waals surface area contributed by atoms with Gasteiger partial charge < -0.3 is 15.0 Å². The number of rotatable bonds is 8. The summed E-state index contributed by atoms with van der Waals surface area (Å²) in [6.45, 7) is 11.2. The number of nitrogens with zero attached hydrogens (tertiary/aromatic N) is 5. The summed E-state index contributed by atoms with van der Waals surface area (Å²) >= 11 is 0. The molecule has 5 rings (SSSR count). The zero-order valence-electron chi connectivity index (χ0n) is 20.8. The summed E-state index contributed by atoms with van der Waals surface area (Å²) in [6.07, 6.45) is 11.6. The lowest BCUT2D eigenvalue weighted by atomic mass is 10.0. The third kappa shape index (κ3) is 5.30. The van der Waals surface area contributed by atoms with Crippen LogP contribution in [0.3, 0.4) is 0 Å². The molecule has 0 spiro atoms. The highest BCUT2D eigenvalue weighted by Gasteiger charge is 2.23. The fourth-order valence-corrected chi connectivity index (χ4v) is 4.22. The molecule has 0 aliphatic carbocycles. The van der Waals surface area contributed by atoms with Gasteiger partial charge in [-0.25, -0.2) is 9.50 Å². The van der Waals surface area contributed by atoms with E-state index in [0.717, 1.165) is 58.1 Å². The maximum absolute atomic E-state index is 5.38. The van der Waals surface area contributed by atoms with Crippen molar-refractivity contribution in [2.75, 3.05) is 38.2 Å². The summed E-state index contributed by atoms with van der Waals surface area (Å²) in [6, 6.07) is 7.91. The Bertz CT molecular complexity index is 1210. The Balaban J connectivity index is 0.000000297. The van der Waals surface area contributed by atoms with E-state index in [9.17, 15) is 0 Å². The topological polar surface area (TPSA) is 67.6 Å². The van der Waals surface area contributed by atoms with Crippen LogP contribution < -0.4 is 15.0 Å². The lowest BCUT2D eigenvalue weighted by Crippen LogP contribution is -2.45. The molecule has 1 aliphatic heterocycles. The van der Waals surface area contributed by atoms with Gasteiger partial charge in [0, 0.05) is 30.2 Å². The normalized spacial score (nSPS) is 13.6. The van der Waals surface area contributed by atoms with Crippen molar-refractivity contribution in [2.24, 2.45) is 5.92 Å². The molecule has 0 bridgehead atoms. The lowest BCUT2D eigenvalue weighted by molar-refractivity contribution is 0.415. The van der Waals surface area contributed by atoms with Crippen molar-refractivity contribution in [1.29, 1.82) is 0 Å². The molecule has 1 aromatic carbocycles. The number of pyridine rings is 1. The van der Waals surface area contributed by atoms with Gasteiger partial charge in [0.1, 0.15) is 5.75 Å². The highest BCUT2D eigenvalue weighted by atomic mass is 16.5. The van der Waals surface area contributed by atoms with Crippen molar-refractivity contribution < 1.29 is 4.74 Å². The van der Waals surface area contributed by atoms with Gasteiger partial charge in [-0.2, -0.15) is 5.10 Å². The fraction of sp³-hybridized carbons (Fsp3) is 0.444. The number of hydrogen-bond donors (Lipinski definition) is 1. The van der Waals surface area contributed by atoms with E-state index in [0.29, 0.717) is 0 Å². The molecule has 0 radical (unpaired) electrons. The number of hydrogen-bond acceptors (Lipinski definition) is 6. The first-order chi connectivity index (χ1) is 16.6. The summed E-state index contributed by atoms with van der Waals surface area (Å²) in [7, 11) is 1.67. The minimum Gasteiger partial charge on any atom is -0.497 e. The summed E-state index contributed by atoms with van der Waals surface area (Å²) < 4.78 is 7.24. The second-order valence-corrected chi connectivity index (χ2v) is 8.99. The highest BCUT2D eigenvalue weighted by molar-refractivity contribution is 5.98. The molecule has 4 heterocycles. The van der Waals surface area contributed by atoms with E-state index >= 15 is 0 Å². The molecule has 1 N–H and O–H groups in total. The minimum atomic E-state index is 0.747. The molecule has 0 atom stereocenters. The summed E-state index contributed by atoms with van der Waals surface area (Å²) in [4.78, 5) is 11.5.